The first-order valence-electron chi connectivity index (χ1n) is 10.1. The van der Waals surface area contributed by atoms with Gasteiger partial charge in [0, 0.05) is 11.5 Å². The highest BCUT2D eigenvalue weighted by Crippen LogP contribution is 2.39. The summed E-state index contributed by atoms with van der Waals surface area (Å²) in [4.78, 5) is 13.0. The van der Waals surface area contributed by atoms with Crippen LogP contribution < -0.4 is 14.8 Å². The van der Waals surface area contributed by atoms with Crippen molar-refractivity contribution in [1.29, 1.82) is 0 Å². The molecule has 1 amide bonds. The van der Waals surface area contributed by atoms with Gasteiger partial charge in [0.1, 0.15) is 17.1 Å². The molecule has 4 nitrogen and oxygen atoms in total. The second-order valence-corrected chi connectivity index (χ2v) is 8.06. The number of carbonyl (C=O) groups excluding carboxylic acids is 1. The third-order valence-electron chi connectivity index (χ3n) is 5.89. The monoisotopic (exact) mass is 381 g/mol. The maximum absolute atomic E-state index is 13.0. The van der Waals surface area contributed by atoms with Gasteiger partial charge in [-0.1, -0.05) is 63.4 Å². The predicted octanol–water partition coefficient (Wildman–Crippen LogP) is 5.09. The molecule has 3 rings (SSSR count). The predicted molar refractivity (Wildman–Crippen MR) is 112 cm³/mol. The van der Waals surface area contributed by atoms with Crippen LogP contribution in [0.5, 0.6) is 11.5 Å². The van der Waals surface area contributed by atoms with Gasteiger partial charge in [-0.2, -0.15) is 0 Å². The van der Waals surface area contributed by atoms with E-state index in [2.05, 4.69) is 31.3 Å². The SMILES string of the molecule is COc1cc(C(C)(C)c2ccccc2)cc(OC)c1C(=O)NC1CCCCC1. The van der Waals surface area contributed by atoms with Crippen LogP contribution in [0.2, 0.25) is 0 Å². The largest absolute Gasteiger partial charge is 0.496 e. The Kier molecular flexibility index (Phi) is 6.28. The molecule has 1 aliphatic rings. The van der Waals surface area contributed by atoms with Crippen molar-refractivity contribution in [3.05, 3.63) is 59.2 Å². The molecular weight excluding hydrogens is 350 g/mol. The zero-order valence-corrected chi connectivity index (χ0v) is 17.4. The molecule has 1 N–H and O–H groups in total. The van der Waals surface area contributed by atoms with Crippen molar-refractivity contribution in [3.8, 4) is 11.5 Å². The Morgan fingerprint density at radius 2 is 1.50 bits per heavy atom. The minimum atomic E-state index is -0.250. The van der Waals surface area contributed by atoms with Crippen molar-refractivity contribution in [2.45, 2.75) is 57.4 Å². The number of rotatable bonds is 6. The number of carbonyl (C=O) groups is 1. The summed E-state index contributed by atoms with van der Waals surface area (Å²) in [7, 11) is 3.21. The molecular formula is C24H31NO3. The average molecular weight is 382 g/mol. The summed E-state index contributed by atoms with van der Waals surface area (Å²) < 4.78 is 11.3. The van der Waals surface area contributed by atoms with E-state index in [-0.39, 0.29) is 17.4 Å². The molecule has 4 heteroatoms. The molecule has 1 fully saturated rings. The molecule has 1 saturated carbocycles. The van der Waals surface area contributed by atoms with E-state index in [1.807, 2.05) is 30.3 Å². The second kappa shape index (κ2) is 8.68. The Balaban J connectivity index is 1.97. The third kappa shape index (κ3) is 4.16. The molecule has 2 aromatic carbocycles. The fourth-order valence-corrected chi connectivity index (χ4v) is 4.02. The molecule has 0 radical (unpaired) electrons. The van der Waals surface area contributed by atoms with Gasteiger partial charge in [0.25, 0.3) is 5.91 Å². The number of hydrogen-bond acceptors (Lipinski definition) is 3. The summed E-state index contributed by atoms with van der Waals surface area (Å²) in [6.45, 7) is 4.33. The molecule has 0 aliphatic heterocycles. The number of nitrogens with one attached hydrogen (secondary N) is 1. The molecule has 28 heavy (non-hydrogen) atoms. The lowest BCUT2D eigenvalue weighted by Gasteiger charge is -2.28. The molecule has 0 heterocycles. The first kappa shape index (κ1) is 20.2. The van der Waals surface area contributed by atoms with Crippen LogP contribution in [-0.4, -0.2) is 26.2 Å². The van der Waals surface area contributed by atoms with E-state index in [1.54, 1.807) is 14.2 Å². The van der Waals surface area contributed by atoms with Gasteiger partial charge in [-0.3, -0.25) is 4.79 Å². The van der Waals surface area contributed by atoms with Gasteiger partial charge in [0.2, 0.25) is 0 Å². The van der Waals surface area contributed by atoms with E-state index in [0.717, 1.165) is 18.4 Å². The van der Waals surface area contributed by atoms with Crippen molar-refractivity contribution in [2.75, 3.05) is 14.2 Å². The summed E-state index contributed by atoms with van der Waals surface area (Å²) in [5, 5.41) is 3.18. The minimum absolute atomic E-state index is 0.121. The summed E-state index contributed by atoms with van der Waals surface area (Å²) in [6.07, 6.45) is 5.67. The molecule has 2 aromatic rings. The highest BCUT2D eigenvalue weighted by atomic mass is 16.5. The van der Waals surface area contributed by atoms with Gasteiger partial charge in [-0.05, 0) is 36.1 Å². The highest BCUT2D eigenvalue weighted by molar-refractivity contribution is 6.00. The van der Waals surface area contributed by atoms with E-state index < -0.39 is 0 Å². The molecule has 0 spiro atoms. The lowest BCUT2D eigenvalue weighted by molar-refractivity contribution is 0.0921. The fourth-order valence-electron chi connectivity index (χ4n) is 4.02. The van der Waals surface area contributed by atoms with Crippen molar-refractivity contribution < 1.29 is 14.3 Å². The zero-order chi connectivity index (χ0) is 20.1. The van der Waals surface area contributed by atoms with Crippen LogP contribution in [0.25, 0.3) is 0 Å². The van der Waals surface area contributed by atoms with E-state index >= 15 is 0 Å². The Morgan fingerprint density at radius 1 is 0.929 bits per heavy atom. The van der Waals surface area contributed by atoms with Crippen LogP contribution in [0.1, 0.15) is 67.4 Å². The molecule has 0 unspecified atom stereocenters. The first-order chi connectivity index (χ1) is 13.5. The van der Waals surface area contributed by atoms with E-state index in [4.69, 9.17) is 9.47 Å². The lowest BCUT2D eigenvalue weighted by Crippen LogP contribution is -2.36. The minimum Gasteiger partial charge on any atom is -0.496 e. The maximum Gasteiger partial charge on any atom is 0.259 e. The van der Waals surface area contributed by atoms with E-state index in [9.17, 15) is 4.79 Å². The van der Waals surface area contributed by atoms with Crippen molar-refractivity contribution >= 4 is 5.91 Å². The van der Waals surface area contributed by atoms with Crippen LogP contribution in [-0.2, 0) is 5.41 Å². The van der Waals surface area contributed by atoms with Gasteiger partial charge in [0.15, 0.2) is 0 Å². The number of benzene rings is 2. The van der Waals surface area contributed by atoms with Crippen LogP contribution in [0.4, 0.5) is 0 Å². The van der Waals surface area contributed by atoms with Crippen LogP contribution in [0.15, 0.2) is 42.5 Å². The number of methoxy groups -OCH3 is 2. The molecule has 1 aliphatic carbocycles. The molecule has 0 aromatic heterocycles. The standard InChI is InChI=1S/C24H31NO3/c1-24(2,17-11-7-5-8-12-17)18-15-20(27-3)22(21(16-18)28-4)23(26)25-19-13-9-6-10-14-19/h5,7-8,11-12,15-16,19H,6,9-10,13-14H2,1-4H3,(H,25,26). The van der Waals surface area contributed by atoms with E-state index in [0.29, 0.717) is 17.1 Å². The summed E-state index contributed by atoms with van der Waals surface area (Å²) in [5.41, 5.74) is 2.46. The van der Waals surface area contributed by atoms with Crippen molar-refractivity contribution in [2.24, 2.45) is 0 Å². The molecule has 0 saturated heterocycles. The van der Waals surface area contributed by atoms with Gasteiger partial charge in [-0.25, -0.2) is 0 Å². The van der Waals surface area contributed by atoms with Crippen LogP contribution in [0, 0.1) is 0 Å². The highest BCUT2D eigenvalue weighted by Gasteiger charge is 2.29. The molecule has 0 bridgehead atoms. The molecule has 150 valence electrons. The van der Waals surface area contributed by atoms with Gasteiger partial charge in [-0.15, -0.1) is 0 Å². The normalized spacial score (nSPS) is 15.1. The van der Waals surface area contributed by atoms with E-state index in [1.165, 1.54) is 24.8 Å². The number of ether oxygens (including phenoxy) is 2. The topological polar surface area (TPSA) is 47.6 Å². The Hall–Kier alpha value is -2.49. The average Bonchev–Trinajstić information content (AvgIpc) is 2.73. The summed E-state index contributed by atoms with van der Waals surface area (Å²) in [5.74, 6) is 0.975. The van der Waals surface area contributed by atoms with Crippen molar-refractivity contribution in [3.63, 3.8) is 0 Å². The van der Waals surface area contributed by atoms with Gasteiger partial charge < -0.3 is 14.8 Å². The Labute approximate surface area is 168 Å². The van der Waals surface area contributed by atoms with Gasteiger partial charge in [0.05, 0.1) is 14.2 Å². The Bertz CT molecular complexity index is 783. The maximum atomic E-state index is 13.0. The number of amides is 1. The smallest absolute Gasteiger partial charge is 0.259 e. The van der Waals surface area contributed by atoms with Crippen LogP contribution in [0.3, 0.4) is 0 Å². The molecule has 0 atom stereocenters. The lowest BCUT2D eigenvalue weighted by atomic mass is 9.77. The first-order valence-corrected chi connectivity index (χ1v) is 10.1. The van der Waals surface area contributed by atoms with Crippen LogP contribution >= 0.6 is 0 Å². The Morgan fingerprint density at radius 3 is 2.04 bits per heavy atom. The van der Waals surface area contributed by atoms with Gasteiger partial charge >= 0.3 is 0 Å². The quantitative estimate of drug-likeness (QED) is 0.758. The van der Waals surface area contributed by atoms with Crippen molar-refractivity contribution in [1.82, 2.24) is 5.32 Å². The number of hydrogen-bond donors (Lipinski definition) is 1. The fraction of sp³-hybridized carbons (Fsp3) is 0.458. The summed E-state index contributed by atoms with van der Waals surface area (Å²) >= 11 is 0. The third-order valence-corrected chi connectivity index (χ3v) is 5.89. The summed E-state index contributed by atoms with van der Waals surface area (Å²) in [6, 6.07) is 14.5. The second-order valence-electron chi connectivity index (χ2n) is 8.06. The zero-order valence-electron chi connectivity index (χ0n) is 17.4.